The molecule has 0 aromatic carbocycles. The van der Waals surface area contributed by atoms with Gasteiger partial charge >= 0.3 is 0 Å². The van der Waals surface area contributed by atoms with E-state index in [-0.39, 0.29) is 0 Å². The molecule has 0 unspecified atom stereocenters. The number of nitrogens with one attached hydrogen (secondary N) is 1. The van der Waals surface area contributed by atoms with Crippen molar-refractivity contribution < 1.29 is 4.42 Å². The molecular formula is C8H8BrN3OS. The second-order valence-electron chi connectivity index (χ2n) is 2.64. The number of nitrogens with zero attached hydrogens (tertiary/aromatic N) is 2. The number of halogens is 1. The molecule has 0 fully saturated rings. The lowest BCUT2D eigenvalue weighted by Crippen LogP contribution is -2.04. The highest BCUT2D eigenvalue weighted by Crippen LogP contribution is 2.30. The average Bonchev–Trinajstić information content (AvgIpc) is 2.74. The van der Waals surface area contributed by atoms with Gasteiger partial charge in [0.25, 0.3) is 5.89 Å². The molecule has 0 amide bonds. The Labute approximate surface area is 93.5 Å². The lowest BCUT2D eigenvalue weighted by molar-refractivity contribution is 0.491. The summed E-state index contributed by atoms with van der Waals surface area (Å²) in [5.74, 6) is 1.18. The number of aromatic nitrogens is 2. The van der Waals surface area contributed by atoms with E-state index < -0.39 is 0 Å². The van der Waals surface area contributed by atoms with Crippen molar-refractivity contribution in [2.45, 2.75) is 6.54 Å². The third-order valence-corrected chi connectivity index (χ3v) is 3.19. The third-order valence-electron chi connectivity index (χ3n) is 1.58. The van der Waals surface area contributed by atoms with Gasteiger partial charge in [-0.1, -0.05) is 0 Å². The summed E-state index contributed by atoms with van der Waals surface area (Å²) in [6.07, 6.45) is 0. The van der Waals surface area contributed by atoms with Gasteiger partial charge in [-0.05, 0) is 35.1 Å². The van der Waals surface area contributed by atoms with Gasteiger partial charge in [0.2, 0.25) is 5.89 Å². The van der Waals surface area contributed by atoms with E-state index in [2.05, 4.69) is 31.4 Å². The SMILES string of the molecule is CNCc1nnc(-c2ccc(Br)s2)o1. The first kappa shape index (κ1) is 9.82. The standard InChI is InChI=1S/C8H8BrN3OS/c1-10-4-7-11-12-8(13-7)5-2-3-6(9)14-5/h2-3,10H,4H2,1H3. The largest absolute Gasteiger partial charge is 0.419 e. The Hall–Kier alpha value is -0.720. The maximum atomic E-state index is 5.43. The number of thiophene rings is 1. The van der Waals surface area contributed by atoms with Gasteiger partial charge in [-0.3, -0.25) is 0 Å². The fourth-order valence-electron chi connectivity index (χ4n) is 1.01. The maximum absolute atomic E-state index is 5.43. The quantitative estimate of drug-likeness (QED) is 0.932. The van der Waals surface area contributed by atoms with Crippen molar-refractivity contribution >= 4 is 27.3 Å². The minimum atomic E-state index is 0.575. The summed E-state index contributed by atoms with van der Waals surface area (Å²) >= 11 is 4.96. The Kier molecular flexibility index (Phi) is 2.95. The van der Waals surface area contributed by atoms with Gasteiger partial charge in [-0.15, -0.1) is 21.5 Å². The van der Waals surface area contributed by atoms with Crippen LogP contribution in [0.1, 0.15) is 5.89 Å². The lowest BCUT2D eigenvalue weighted by Gasteiger charge is -1.88. The van der Waals surface area contributed by atoms with Crippen LogP contribution in [-0.2, 0) is 6.54 Å². The van der Waals surface area contributed by atoms with Crippen molar-refractivity contribution in [3.63, 3.8) is 0 Å². The van der Waals surface area contributed by atoms with Crippen LogP contribution in [-0.4, -0.2) is 17.2 Å². The zero-order valence-corrected chi connectivity index (χ0v) is 9.85. The van der Waals surface area contributed by atoms with Gasteiger partial charge in [-0.25, -0.2) is 0 Å². The van der Waals surface area contributed by atoms with Crippen LogP contribution >= 0.6 is 27.3 Å². The molecule has 0 atom stereocenters. The van der Waals surface area contributed by atoms with Crippen molar-refractivity contribution in [3.8, 4) is 10.8 Å². The Balaban J connectivity index is 2.24. The molecule has 2 rings (SSSR count). The van der Waals surface area contributed by atoms with Gasteiger partial charge in [0.05, 0.1) is 15.2 Å². The van der Waals surface area contributed by atoms with Crippen molar-refractivity contribution in [2.75, 3.05) is 7.05 Å². The van der Waals surface area contributed by atoms with E-state index >= 15 is 0 Å². The van der Waals surface area contributed by atoms with Crippen LogP contribution in [0.2, 0.25) is 0 Å². The molecular weight excluding hydrogens is 266 g/mol. The van der Waals surface area contributed by atoms with Crippen LogP contribution in [0.5, 0.6) is 0 Å². The highest BCUT2D eigenvalue weighted by Gasteiger charge is 2.09. The summed E-state index contributed by atoms with van der Waals surface area (Å²) in [6, 6.07) is 3.91. The predicted molar refractivity (Wildman–Crippen MR) is 58.1 cm³/mol. The van der Waals surface area contributed by atoms with Crippen LogP contribution in [0.4, 0.5) is 0 Å². The summed E-state index contributed by atoms with van der Waals surface area (Å²) in [4.78, 5) is 0.978. The molecule has 4 nitrogen and oxygen atoms in total. The molecule has 0 spiro atoms. The molecule has 0 saturated heterocycles. The third kappa shape index (κ3) is 2.02. The smallest absolute Gasteiger partial charge is 0.257 e. The second kappa shape index (κ2) is 4.20. The van der Waals surface area contributed by atoms with E-state index in [1.165, 1.54) is 0 Å². The molecule has 6 heteroatoms. The molecule has 2 heterocycles. The second-order valence-corrected chi connectivity index (χ2v) is 5.10. The number of rotatable bonds is 3. The average molecular weight is 274 g/mol. The zero-order chi connectivity index (χ0) is 9.97. The topological polar surface area (TPSA) is 51.0 Å². The Bertz CT molecular complexity index is 426. The van der Waals surface area contributed by atoms with Crippen LogP contribution in [0.25, 0.3) is 10.8 Å². The van der Waals surface area contributed by atoms with Gasteiger partial charge in [0, 0.05) is 0 Å². The number of hydrogen-bond donors (Lipinski definition) is 1. The summed E-state index contributed by atoms with van der Waals surface area (Å²) < 4.78 is 6.48. The fraction of sp³-hybridized carbons (Fsp3) is 0.250. The molecule has 2 aromatic rings. The van der Waals surface area contributed by atoms with Gasteiger partial charge in [0.15, 0.2) is 0 Å². The van der Waals surface area contributed by atoms with Gasteiger partial charge < -0.3 is 9.73 Å². The first-order valence-electron chi connectivity index (χ1n) is 4.02. The predicted octanol–water partition coefficient (Wildman–Crippen LogP) is 2.28. The van der Waals surface area contributed by atoms with Crippen molar-refractivity contribution in [2.24, 2.45) is 0 Å². The van der Waals surface area contributed by atoms with Crippen LogP contribution in [0.15, 0.2) is 20.3 Å². The van der Waals surface area contributed by atoms with Crippen molar-refractivity contribution in [1.29, 1.82) is 0 Å². The molecule has 0 aliphatic carbocycles. The monoisotopic (exact) mass is 273 g/mol. The molecule has 0 radical (unpaired) electrons. The van der Waals surface area contributed by atoms with Crippen LogP contribution < -0.4 is 5.32 Å². The van der Waals surface area contributed by atoms with Crippen LogP contribution in [0, 0.1) is 0 Å². The van der Waals surface area contributed by atoms with E-state index in [1.54, 1.807) is 11.3 Å². The molecule has 0 aliphatic rings. The summed E-state index contributed by atoms with van der Waals surface area (Å²) in [5, 5.41) is 10.8. The Morgan fingerprint density at radius 1 is 1.50 bits per heavy atom. The Morgan fingerprint density at radius 2 is 2.36 bits per heavy atom. The van der Waals surface area contributed by atoms with Crippen molar-refractivity contribution in [1.82, 2.24) is 15.5 Å². The molecule has 74 valence electrons. The summed E-state index contributed by atoms with van der Waals surface area (Å²) in [6.45, 7) is 0.597. The highest BCUT2D eigenvalue weighted by atomic mass is 79.9. The Morgan fingerprint density at radius 3 is 3.00 bits per heavy atom. The lowest BCUT2D eigenvalue weighted by atomic mass is 10.5. The molecule has 0 bridgehead atoms. The van der Waals surface area contributed by atoms with E-state index in [0.29, 0.717) is 18.3 Å². The summed E-state index contributed by atoms with van der Waals surface area (Å²) in [5.41, 5.74) is 0. The summed E-state index contributed by atoms with van der Waals surface area (Å²) in [7, 11) is 1.84. The normalized spacial score (nSPS) is 10.7. The highest BCUT2D eigenvalue weighted by molar-refractivity contribution is 9.11. The van der Waals surface area contributed by atoms with Gasteiger partial charge in [0.1, 0.15) is 0 Å². The fourth-order valence-corrected chi connectivity index (χ4v) is 2.31. The van der Waals surface area contributed by atoms with Crippen LogP contribution in [0.3, 0.4) is 0 Å². The molecule has 14 heavy (non-hydrogen) atoms. The molecule has 2 aromatic heterocycles. The van der Waals surface area contributed by atoms with Gasteiger partial charge in [-0.2, -0.15) is 0 Å². The minimum Gasteiger partial charge on any atom is -0.419 e. The van der Waals surface area contributed by atoms with E-state index in [4.69, 9.17) is 4.42 Å². The minimum absolute atomic E-state index is 0.575. The van der Waals surface area contributed by atoms with E-state index in [1.807, 2.05) is 19.2 Å². The first-order chi connectivity index (χ1) is 6.79. The van der Waals surface area contributed by atoms with E-state index in [9.17, 15) is 0 Å². The van der Waals surface area contributed by atoms with E-state index in [0.717, 1.165) is 8.66 Å². The maximum Gasteiger partial charge on any atom is 0.257 e. The number of hydrogen-bond acceptors (Lipinski definition) is 5. The molecule has 0 saturated carbocycles. The molecule has 0 aliphatic heterocycles. The zero-order valence-electron chi connectivity index (χ0n) is 7.45. The molecule has 1 N–H and O–H groups in total. The first-order valence-corrected chi connectivity index (χ1v) is 5.63. The van der Waals surface area contributed by atoms with Crippen molar-refractivity contribution in [3.05, 3.63) is 21.8 Å².